The van der Waals surface area contributed by atoms with E-state index in [4.69, 9.17) is 5.73 Å². The number of nitrogens with two attached hydrogens (primary N) is 1. The summed E-state index contributed by atoms with van der Waals surface area (Å²) in [6, 6.07) is 0. The van der Waals surface area contributed by atoms with Crippen LogP contribution < -0.4 is 11.3 Å². The standard InChI is InChI=1S/C5H5N5O/c6-5-9-3-2(4(11)10-5)7-1-8-3/h1H,(H4,6,7,8,9,10,11)/i6+1,7+1,8+1,9+1,10+1. The van der Waals surface area contributed by atoms with Gasteiger partial charge in [0.2, 0.25) is 5.95 Å². The zero-order valence-corrected chi connectivity index (χ0v) is 5.46. The maximum Gasteiger partial charge on any atom is 0.278 e. The Labute approximate surface area is 60.5 Å². The average Bonchev–Trinajstić information content (AvgIpc) is 2.34. The van der Waals surface area contributed by atoms with E-state index in [2.05, 4.69) is 19.9 Å². The molecule has 0 fully saturated rings. The second-order valence-corrected chi connectivity index (χ2v) is 2.05. The number of aromatic amines is 2. The number of nitrogens with zero attached hydrogens (tertiary/aromatic N) is 2. The van der Waals surface area contributed by atoms with Gasteiger partial charge in [-0.05, 0) is 0 Å². The first kappa shape index (κ1) is 5.90. The van der Waals surface area contributed by atoms with Gasteiger partial charge in [-0.1, -0.05) is 0 Å². The molecule has 0 saturated heterocycles. The fourth-order valence-electron chi connectivity index (χ4n) is 0.860. The minimum absolute atomic E-state index is 0.0783. The Morgan fingerprint density at radius 1 is 1.55 bits per heavy atom. The fraction of sp³-hybridized carbons (Fsp3) is 0. The Hall–Kier alpha value is -1.85. The van der Waals surface area contributed by atoms with Gasteiger partial charge in [0.05, 0.1) is 6.33 Å². The number of nitrogen functional groups attached to an aromatic ring is 1. The summed E-state index contributed by atoms with van der Waals surface area (Å²) in [5, 5.41) is 0. The molecule has 0 radical (unpaired) electrons. The van der Waals surface area contributed by atoms with Crippen LogP contribution in [0.25, 0.3) is 11.2 Å². The summed E-state index contributed by atoms with van der Waals surface area (Å²) in [6.07, 6.45) is 1.40. The lowest BCUT2D eigenvalue weighted by Gasteiger charge is -1.89. The first-order valence-corrected chi connectivity index (χ1v) is 2.96. The Bertz CT molecular complexity index is 441. The first-order chi connectivity index (χ1) is 5.27. The molecule has 0 aliphatic carbocycles. The Morgan fingerprint density at radius 3 is 3.18 bits per heavy atom. The van der Waals surface area contributed by atoms with Crippen molar-refractivity contribution >= 4 is 17.1 Å². The molecular weight excluding hydrogens is 151 g/mol. The van der Waals surface area contributed by atoms with Gasteiger partial charge >= 0.3 is 0 Å². The lowest BCUT2D eigenvalue weighted by Crippen LogP contribution is -2.10. The quantitative estimate of drug-likeness (QED) is 0.436. The van der Waals surface area contributed by atoms with E-state index in [9.17, 15) is 4.79 Å². The van der Waals surface area contributed by atoms with Crippen molar-refractivity contribution in [3.63, 3.8) is 0 Å². The second kappa shape index (κ2) is 1.82. The molecule has 2 heterocycles. The van der Waals surface area contributed by atoms with Crippen molar-refractivity contribution in [2.45, 2.75) is 0 Å². The molecule has 2 aromatic heterocycles. The number of nitrogens with one attached hydrogen (secondary N) is 2. The number of anilines is 1. The van der Waals surface area contributed by atoms with Crippen LogP contribution in [0.2, 0.25) is 0 Å². The van der Waals surface area contributed by atoms with Crippen LogP contribution in [0.15, 0.2) is 11.1 Å². The number of H-pyrrole nitrogens is 2. The zero-order valence-electron chi connectivity index (χ0n) is 5.46. The number of hydrogen-bond acceptors (Lipinski definition) is 4. The summed E-state index contributed by atoms with van der Waals surface area (Å²) < 4.78 is 0. The predicted octanol–water partition coefficient (Wildman–Crippen LogP) is -0.772. The van der Waals surface area contributed by atoms with Crippen LogP contribution in [0.1, 0.15) is 0 Å². The summed E-state index contributed by atoms with van der Waals surface area (Å²) in [5.41, 5.74) is 5.65. The number of imidazole rings is 1. The molecule has 2 aromatic rings. The maximum atomic E-state index is 11.0. The van der Waals surface area contributed by atoms with Crippen LogP contribution in [0, 0.1) is 0 Å². The van der Waals surface area contributed by atoms with Crippen molar-refractivity contribution in [1.29, 1.82) is 0 Å². The van der Waals surface area contributed by atoms with E-state index in [1.165, 1.54) is 6.33 Å². The normalized spacial score (nSPS) is 10.5. The highest BCUT2D eigenvalue weighted by Gasteiger charge is 2.01. The lowest BCUT2D eigenvalue weighted by molar-refractivity contribution is 1.17. The van der Waals surface area contributed by atoms with Gasteiger partial charge in [0.1, 0.15) is 0 Å². The molecule has 6 heteroatoms. The van der Waals surface area contributed by atoms with Crippen LogP contribution in [0.4, 0.5) is 5.95 Å². The number of fused-ring (bicyclic) bond motifs is 1. The molecule has 0 aliphatic rings. The van der Waals surface area contributed by atoms with Gasteiger partial charge in [0.25, 0.3) is 5.56 Å². The molecule has 0 saturated carbocycles. The van der Waals surface area contributed by atoms with Gasteiger partial charge in [0, 0.05) is 0 Å². The van der Waals surface area contributed by atoms with Crippen LogP contribution in [0.3, 0.4) is 0 Å². The summed E-state index contributed by atoms with van der Waals surface area (Å²) in [4.78, 5) is 23.5. The van der Waals surface area contributed by atoms with E-state index in [0.29, 0.717) is 11.2 Å². The number of rotatable bonds is 0. The number of aromatic nitrogens is 4. The van der Waals surface area contributed by atoms with E-state index >= 15 is 0 Å². The van der Waals surface area contributed by atoms with E-state index in [1.807, 2.05) is 0 Å². The van der Waals surface area contributed by atoms with Crippen molar-refractivity contribution < 1.29 is 0 Å². The number of hydrogen-bond donors (Lipinski definition) is 3. The van der Waals surface area contributed by atoms with Gasteiger partial charge in [-0.15, -0.1) is 0 Å². The third kappa shape index (κ3) is 0.759. The first-order valence-electron chi connectivity index (χ1n) is 2.96. The summed E-state index contributed by atoms with van der Waals surface area (Å²) in [6.45, 7) is 0. The Balaban J connectivity index is 3.02. The Morgan fingerprint density at radius 2 is 2.36 bits per heavy atom. The molecule has 2 rings (SSSR count). The third-order valence-corrected chi connectivity index (χ3v) is 1.31. The SMILES string of the molecule is [15NH2]c1[15n]c2[15n]c[15nH]c2c(=O)[15nH]1. The highest BCUT2D eigenvalue weighted by Crippen LogP contribution is 1.98. The van der Waals surface area contributed by atoms with Crippen molar-refractivity contribution in [1.82, 2.24) is 19.9 Å². The second-order valence-electron chi connectivity index (χ2n) is 2.05. The van der Waals surface area contributed by atoms with Crippen molar-refractivity contribution in [2.24, 2.45) is 0 Å². The molecule has 0 aromatic carbocycles. The minimum Gasteiger partial charge on any atom is -0.369 e. The van der Waals surface area contributed by atoms with E-state index < -0.39 is 0 Å². The van der Waals surface area contributed by atoms with Gasteiger partial charge in [-0.25, -0.2) is 4.98 Å². The summed E-state index contributed by atoms with van der Waals surface area (Å²) in [5.74, 6) is 0.0783. The van der Waals surface area contributed by atoms with Gasteiger partial charge in [-0.3, -0.25) is 9.78 Å². The smallest absolute Gasteiger partial charge is 0.278 e. The van der Waals surface area contributed by atoms with E-state index in [-0.39, 0.29) is 11.5 Å². The zero-order chi connectivity index (χ0) is 7.84. The highest BCUT2D eigenvalue weighted by atomic mass is 16.2. The highest BCUT2D eigenvalue weighted by molar-refractivity contribution is 5.69. The predicted molar refractivity (Wildman–Crippen MR) is 38.9 cm³/mol. The molecule has 0 spiro atoms. The summed E-state index contributed by atoms with van der Waals surface area (Å²) in [7, 11) is 0. The molecule has 0 unspecified atom stereocenters. The molecular formula is C5H5N5O. The van der Waals surface area contributed by atoms with Crippen LogP contribution in [0.5, 0.6) is 0 Å². The minimum atomic E-state index is -0.301. The third-order valence-electron chi connectivity index (χ3n) is 1.31. The van der Waals surface area contributed by atoms with Gasteiger partial charge in [0.15, 0.2) is 11.2 Å². The Kier molecular flexibility index (Phi) is 0.974. The monoisotopic (exact) mass is 156 g/mol. The molecule has 0 amide bonds. The summed E-state index contributed by atoms with van der Waals surface area (Å²) >= 11 is 0. The topological polar surface area (TPSA) is 100 Å². The molecule has 4 N–H and O–H groups in total. The van der Waals surface area contributed by atoms with Gasteiger partial charge in [-0.2, -0.15) is 4.98 Å². The maximum absolute atomic E-state index is 11.0. The molecule has 11 heavy (non-hydrogen) atoms. The van der Waals surface area contributed by atoms with Crippen molar-refractivity contribution in [3.05, 3.63) is 16.7 Å². The molecule has 0 aliphatic heterocycles. The average molecular weight is 156 g/mol. The van der Waals surface area contributed by atoms with Crippen molar-refractivity contribution in [3.8, 4) is 0 Å². The molecule has 0 atom stereocenters. The molecule has 6 nitrogen and oxygen atoms in total. The van der Waals surface area contributed by atoms with E-state index in [0.717, 1.165) is 0 Å². The molecule has 0 bridgehead atoms. The van der Waals surface area contributed by atoms with Crippen LogP contribution in [-0.2, 0) is 0 Å². The van der Waals surface area contributed by atoms with Crippen LogP contribution >= 0.6 is 0 Å². The fourth-order valence-corrected chi connectivity index (χ4v) is 0.860. The van der Waals surface area contributed by atoms with Gasteiger partial charge < -0.3 is 10.7 Å². The van der Waals surface area contributed by atoms with Crippen molar-refractivity contribution in [2.75, 3.05) is 5.73 Å². The molecule has 56 valence electrons. The van der Waals surface area contributed by atoms with Crippen LogP contribution in [-0.4, -0.2) is 19.9 Å². The largest absolute Gasteiger partial charge is 0.369 e. The lowest BCUT2D eigenvalue weighted by atomic mass is 10.6. The van der Waals surface area contributed by atoms with E-state index in [1.54, 1.807) is 0 Å².